The number of hydrogen-bond acceptors (Lipinski definition) is 3. The Morgan fingerprint density at radius 2 is 2.15 bits per heavy atom. The Morgan fingerprint density at radius 3 is 2.80 bits per heavy atom. The number of amides is 1. The van der Waals surface area contributed by atoms with Crippen LogP contribution in [0.5, 0.6) is 0 Å². The first-order chi connectivity index (χ1) is 9.52. The quantitative estimate of drug-likeness (QED) is 0.884. The molecule has 1 heterocycles. The molecule has 20 heavy (non-hydrogen) atoms. The van der Waals surface area contributed by atoms with E-state index in [9.17, 15) is 13.6 Å². The highest BCUT2D eigenvalue weighted by molar-refractivity contribution is 5.92. The summed E-state index contributed by atoms with van der Waals surface area (Å²) in [4.78, 5) is 11.7. The number of carbonyl (C=O) groups is 1. The monoisotopic (exact) mass is 281 g/mol. The van der Waals surface area contributed by atoms with E-state index in [0.717, 1.165) is 12.1 Å². The molecule has 0 aliphatic carbocycles. The van der Waals surface area contributed by atoms with Gasteiger partial charge >= 0.3 is 0 Å². The van der Waals surface area contributed by atoms with Crippen molar-refractivity contribution in [2.75, 3.05) is 13.2 Å². The molecule has 0 saturated carbocycles. The molecule has 7 heteroatoms. The minimum atomic E-state index is -0.765. The van der Waals surface area contributed by atoms with Gasteiger partial charge in [-0.2, -0.15) is 5.10 Å². The lowest BCUT2D eigenvalue weighted by molar-refractivity contribution is 0.0939. The average molecular weight is 281 g/mol. The van der Waals surface area contributed by atoms with Gasteiger partial charge in [0.05, 0.1) is 6.61 Å². The molecule has 106 valence electrons. The van der Waals surface area contributed by atoms with Crippen molar-refractivity contribution in [2.24, 2.45) is 0 Å². The summed E-state index contributed by atoms with van der Waals surface area (Å²) in [6.45, 7) is 1.58. The molecule has 1 aromatic carbocycles. The van der Waals surface area contributed by atoms with Gasteiger partial charge in [-0.05, 0) is 25.1 Å². The van der Waals surface area contributed by atoms with Crippen molar-refractivity contribution < 1.29 is 18.7 Å². The van der Waals surface area contributed by atoms with Crippen molar-refractivity contribution in [3.63, 3.8) is 0 Å². The first kappa shape index (κ1) is 14.1. The third-order valence-corrected chi connectivity index (χ3v) is 2.66. The summed E-state index contributed by atoms with van der Waals surface area (Å²) in [7, 11) is 0. The number of aliphatic hydroxyl groups excluding tert-OH is 1. The Kier molecular flexibility index (Phi) is 4.09. The van der Waals surface area contributed by atoms with Gasteiger partial charge in [0.2, 0.25) is 0 Å². The molecule has 0 bridgehead atoms. The summed E-state index contributed by atoms with van der Waals surface area (Å²) < 4.78 is 27.8. The molecule has 2 rings (SSSR count). The van der Waals surface area contributed by atoms with E-state index in [-0.39, 0.29) is 24.5 Å². The van der Waals surface area contributed by atoms with Crippen LogP contribution in [0.1, 0.15) is 16.2 Å². The summed E-state index contributed by atoms with van der Waals surface area (Å²) in [5.74, 6) is -1.92. The zero-order valence-electron chi connectivity index (χ0n) is 10.7. The fraction of sp³-hybridized carbons (Fsp3) is 0.231. The van der Waals surface area contributed by atoms with Gasteiger partial charge in [-0.15, -0.1) is 0 Å². The lowest BCUT2D eigenvalue weighted by Gasteiger charge is -2.05. The molecule has 0 saturated heterocycles. The number of rotatable bonds is 4. The molecule has 1 aromatic heterocycles. The van der Waals surface area contributed by atoms with E-state index >= 15 is 0 Å². The summed E-state index contributed by atoms with van der Waals surface area (Å²) in [6.07, 6.45) is 0. The molecule has 5 nitrogen and oxygen atoms in total. The molecule has 0 fully saturated rings. The normalized spacial score (nSPS) is 10.6. The molecule has 1 amide bonds. The first-order valence-corrected chi connectivity index (χ1v) is 5.94. The molecule has 2 N–H and O–H groups in total. The van der Waals surface area contributed by atoms with Crippen LogP contribution in [0.4, 0.5) is 8.78 Å². The molecule has 0 spiro atoms. The van der Waals surface area contributed by atoms with E-state index in [1.807, 2.05) is 0 Å². The Labute approximate surface area is 113 Å². The molecule has 0 aliphatic heterocycles. The van der Waals surface area contributed by atoms with E-state index in [1.165, 1.54) is 16.8 Å². The minimum absolute atomic E-state index is 0.0603. The van der Waals surface area contributed by atoms with Crippen LogP contribution in [0.2, 0.25) is 0 Å². The van der Waals surface area contributed by atoms with Gasteiger partial charge in [-0.3, -0.25) is 4.79 Å². The van der Waals surface area contributed by atoms with E-state index in [0.29, 0.717) is 5.69 Å². The highest BCUT2D eigenvalue weighted by atomic mass is 19.1. The number of hydrogen-bond donors (Lipinski definition) is 2. The van der Waals surface area contributed by atoms with E-state index in [1.54, 1.807) is 6.92 Å². The molecular weight excluding hydrogens is 268 g/mol. The van der Waals surface area contributed by atoms with Crippen molar-refractivity contribution >= 4 is 5.91 Å². The summed E-state index contributed by atoms with van der Waals surface area (Å²) in [5, 5.41) is 15.1. The standard InChI is InChI=1S/C13H13F2N3O2/c1-8-6-11(13(20)16-4-5-19)17-18(8)12-3-2-9(14)7-10(12)15/h2-3,6-7,19H,4-5H2,1H3,(H,16,20). The number of halogens is 2. The topological polar surface area (TPSA) is 67.2 Å². The Hall–Kier alpha value is -2.28. The molecule has 0 unspecified atom stereocenters. The predicted molar refractivity (Wildman–Crippen MR) is 67.6 cm³/mol. The smallest absolute Gasteiger partial charge is 0.271 e. The predicted octanol–water partition coefficient (Wildman–Crippen LogP) is 1.18. The second-order valence-electron chi connectivity index (χ2n) is 4.16. The van der Waals surface area contributed by atoms with Crippen molar-refractivity contribution in [3.05, 3.63) is 47.3 Å². The fourth-order valence-corrected chi connectivity index (χ4v) is 1.74. The average Bonchev–Trinajstić information content (AvgIpc) is 2.78. The molecule has 2 aromatic rings. The van der Waals surface area contributed by atoms with Crippen molar-refractivity contribution in [2.45, 2.75) is 6.92 Å². The van der Waals surface area contributed by atoms with E-state index < -0.39 is 17.5 Å². The maximum atomic E-state index is 13.7. The number of aryl methyl sites for hydroxylation is 1. The van der Waals surface area contributed by atoms with Crippen molar-refractivity contribution in [3.8, 4) is 5.69 Å². The third-order valence-electron chi connectivity index (χ3n) is 2.66. The highest BCUT2D eigenvalue weighted by Gasteiger charge is 2.15. The van der Waals surface area contributed by atoms with Crippen LogP contribution in [0.15, 0.2) is 24.3 Å². The van der Waals surface area contributed by atoms with Gasteiger partial charge in [0.15, 0.2) is 11.5 Å². The summed E-state index contributed by atoms with van der Waals surface area (Å²) in [6, 6.07) is 4.60. The highest BCUT2D eigenvalue weighted by Crippen LogP contribution is 2.17. The lowest BCUT2D eigenvalue weighted by atomic mass is 10.3. The van der Waals surface area contributed by atoms with Crippen LogP contribution in [0, 0.1) is 18.6 Å². The number of carbonyl (C=O) groups excluding carboxylic acids is 1. The molecule has 0 aliphatic rings. The largest absolute Gasteiger partial charge is 0.395 e. The number of nitrogens with one attached hydrogen (secondary N) is 1. The van der Waals surface area contributed by atoms with Gasteiger partial charge in [0, 0.05) is 18.3 Å². The van der Waals surface area contributed by atoms with Crippen LogP contribution in [-0.2, 0) is 0 Å². The van der Waals surface area contributed by atoms with Crippen molar-refractivity contribution in [1.82, 2.24) is 15.1 Å². The van der Waals surface area contributed by atoms with Crippen LogP contribution >= 0.6 is 0 Å². The SMILES string of the molecule is Cc1cc(C(=O)NCCO)nn1-c1ccc(F)cc1F. The maximum Gasteiger partial charge on any atom is 0.271 e. The number of aliphatic hydroxyl groups is 1. The van der Waals surface area contributed by atoms with Crippen LogP contribution < -0.4 is 5.32 Å². The second kappa shape index (κ2) is 5.79. The second-order valence-corrected chi connectivity index (χ2v) is 4.16. The maximum absolute atomic E-state index is 13.7. The van der Waals surface area contributed by atoms with Crippen molar-refractivity contribution in [1.29, 1.82) is 0 Å². The van der Waals surface area contributed by atoms with Gasteiger partial charge in [-0.1, -0.05) is 0 Å². The molecule has 0 atom stereocenters. The number of nitrogens with zero attached hydrogens (tertiary/aromatic N) is 2. The van der Waals surface area contributed by atoms with Gasteiger partial charge in [-0.25, -0.2) is 13.5 Å². The number of aromatic nitrogens is 2. The lowest BCUT2D eigenvalue weighted by Crippen LogP contribution is -2.26. The fourth-order valence-electron chi connectivity index (χ4n) is 1.74. The van der Waals surface area contributed by atoms with Crippen LogP contribution in [-0.4, -0.2) is 33.9 Å². The Morgan fingerprint density at radius 1 is 1.40 bits per heavy atom. The number of benzene rings is 1. The third kappa shape index (κ3) is 2.83. The van der Waals surface area contributed by atoms with E-state index in [2.05, 4.69) is 10.4 Å². The Bertz CT molecular complexity index is 641. The van der Waals surface area contributed by atoms with Crippen LogP contribution in [0.25, 0.3) is 5.69 Å². The summed E-state index contributed by atoms with van der Waals surface area (Å²) >= 11 is 0. The van der Waals surface area contributed by atoms with Gasteiger partial charge < -0.3 is 10.4 Å². The first-order valence-electron chi connectivity index (χ1n) is 5.94. The van der Waals surface area contributed by atoms with Gasteiger partial charge in [0.25, 0.3) is 5.91 Å². The summed E-state index contributed by atoms with van der Waals surface area (Å²) in [5.41, 5.74) is 0.689. The minimum Gasteiger partial charge on any atom is -0.395 e. The molecular formula is C13H13F2N3O2. The van der Waals surface area contributed by atoms with Gasteiger partial charge in [0.1, 0.15) is 11.5 Å². The van der Waals surface area contributed by atoms with Crippen LogP contribution in [0.3, 0.4) is 0 Å². The molecule has 0 radical (unpaired) electrons. The van der Waals surface area contributed by atoms with E-state index in [4.69, 9.17) is 5.11 Å². The Balaban J connectivity index is 2.34. The zero-order chi connectivity index (χ0) is 14.7. The zero-order valence-corrected chi connectivity index (χ0v) is 10.7.